The van der Waals surface area contributed by atoms with Crippen molar-refractivity contribution in [3.05, 3.63) is 199 Å². The summed E-state index contributed by atoms with van der Waals surface area (Å²) in [6.07, 6.45) is 0. The zero-order chi connectivity index (χ0) is 38.5. The topological polar surface area (TPSA) is 29.5 Å². The summed E-state index contributed by atoms with van der Waals surface area (Å²) in [5.41, 5.74) is 16.8. The number of hydrogen-bond acceptors (Lipinski definition) is 3. The van der Waals surface area contributed by atoms with E-state index in [1.165, 1.54) is 38.8 Å². The van der Waals surface area contributed by atoms with E-state index in [1.54, 1.807) is 0 Å². The van der Waals surface area contributed by atoms with Gasteiger partial charge in [0, 0.05) is 43.7 Å². The van der Waals surface area contributed by atoms with E-state index < -0.39 is 0 Å². The lowest BCUT2D eigenvalue weighted by Crippen LogP contribution is -2.14. The zero-order valence-corrected chi connectivity index (χ0v) is 32.2. The molecule has 0 radical (unpaired) electrons. The van der Waals surface area contributed by atoms with Crippen LogP contribution in [-0.2, 0) is 5.41 Å². The first-order valence-electron chi connectivity index (χ1n) is 20.0. The van der Waals surface area contributed by atoms with Crippen molar-refractivity contribution in [2.45, 2.75) is 19.3 Å². The summed E-state index contributed by atoms with van der Waals surface area (Å²) in [5, 5.41) is 6.75. The molecule has 11 aromatic rings. The maximum Gasteiger partial charge on any atom is 0.159 e. The van der Waals surface area contributed by atoms with Gasteiger partial charge in [-0.15, -0.1) is 0 Å². The van der Waals surface area contributed by atoms with Gasteiger partial charge in [0.05, 0.1) is 5.69 Å². The number of rotatable bonds is 5. The Hall–Kier alpha value is -7.36. The molecule has 2 heterocycles. The highest BCUT2D eigenvalue weighted by Crippen LogP contribution is 2.52. The average molecular weight is 744 g/mol. The van der Waals surface area contributed by atoms with Crippen LogP contribution in [0.25, 0.3) is 88.0 Å². The summed E-state index contributed by atoms with van der Waals surface area (Å²) < 4.78 is 13.1. The van der Waals surface area contributed by atoms with Gasteiger partial charge in [-0.05, 0) is 104 Å². The third kappa shape index (κ3) is 4.80. The number of benzene rings is 9. The maximum atomic E-state index is 6.93. The molecule has 0 aliphatic heterocycles. The Morgan fingerprint density at radius 3 is 1.86 bits per heavy atom. The second-order valence-electron chi connectivity index (χ2n) is 16.1. The standard InChI is InChI=1S/C55H37NO2/c1-55(2)47-17-7-5-14-45(47)52-40(15-9-18-48(52)55)36-23-29-39(30-24-36)56(49-19-10-16-43-44-31-25-35-11-3-4-12-41(35)53(44)58-54(43)49)38-27-21-34(22-28-38)37-26-32-51-46(33-37)42-13-6-8-20-50(42)57-51/h3-33H,1-2H3. The first-order chi connectivity index (χ1) is 28.5. The van der Waals surface area contributed by atoms with Crippen LogP contribution in [0.5, 0.6) is 0 Å². The Bertz CT molecular complexity index is 3420. The maximum absolute atomic E-state index is 6.93. The second-order valence-corrected chi connectivity index (χ2v) is 16.1. The minimum atomic E-state index is -0.0561. The highest BCUT2D eigenvalue weighted by Gasteiger charge is 2.36. The predicted octanol–water partition coefficient (Wildman–Crippen LogP) is 15.7. The summed E-state index contributed by atoms with van der Waals surface area (Å²) >= 11 is 0. The number of fused-ring (bicyclic) bond motifs is 11. The Labute approximate surface area is 336 Å². The number of para-hydroxylation sites is 2. The quantitative estimate of drug-likeness (QED) is 0.176. The summed E-state index contributed by atoms with van der Waals surface area (Å²) in [7, 11) is 0. The molecule has 1 aliphatic carbocycles. The SMILES string of the molecule is CC1(C)c2ccccc2-c2c(-c3ccc(N(c4ccc(-c5ccc6oc7ccccc7c6c5)cc4)c4cccc5c4oc4c6ccccc6ccc54)cc3)cccc21. The summed E-state index contributed by atoms with van der Waals surface area (Å²) in [5.74, 6) is 0. The molecule has 1 aliphatic rings. The van der Waals surface area contributed by atoms with E-state index in [9.17, 15) is 0 Å². The molecular formula is C55H37NO2. The summed E-state index contributed by atoms with van der Waals surface area (Å²) in [6.45, 7) is 4.68. The van der Waals surface area contributed by atoms with E-state index in [1.807, 2.05) is 12.1 Å². The predicted molar refractivity (Wildman–Crippen MR) is 242 cm³/mol. The Kier molecular flexibility index (Phi) is 6.98. The van der Waals surface area contributed by atoms with Crippen molar-refractivity contribution in [2.75, 3.05) is 4.90 Å². The summed E-state index contributed by atoms with van der Waals surface area (Å²) in [4.78, 5) is 2.33. The molecule has 0 amide bonds. The van der Waals surface area contributed by atoms with Gasteiger partial charge < -0.3 is 13.7 Å². The van der Waals surface area contributed by atoms with Gasteiger partial charge in [-0.3, -0.25) is 0 Å². The highest BCUT2D eigenvalue weighted by molar-refractivity contribution is 6.17. The molecule has 0 bridgehead atoms. The normalized spacial score (nSPS) is 13.1. The van der Waals surface area contributed by atoms with Gasteiger partial charge in [0.2, 0.25) is 0 Å². The van der Waals surface area contributed by atoms with Crippen LogP contribution in [-0.4, -0.2) is 0 Å². The molecule has 3 heteroatoms. The molecule has 2 aromatic heterocycles. The molecule has 58 heavy (non-hydrogen) atoms. The van der Waals surface area contributed by atoms with Crippen LogP contribution >= 0.6 is 0 Å². The van der Waals surface area contributed by atoms with Gasteiger partial charge in [0.15, 0.2) is 5.58 Å². The fourth-order valence-electron chi connectivity index (χ4n) is 9.61. The van der Waals surface area contributed by atoms with E-state index in [2.05, 4.69) is 195 Å². The first kappa shape index (κ1) is 32.8. The molecule has 274 valence electrons. The van der Waals surface area contributed by atoms with Crippen molar-refractivity contribution in [3.63, 3.8) is 0 Å². The van der Waals surface area contributed by atoms with E-state index in [4.69, 9.17) is 8.83 Å². The van der Waals surface area contributed by atoms with Crippen molar-refractivity contribution in [2.24, 2.45) is 0 Å². The fraction of sp³-hybridized carbons (Fsp3) is 0.0545. The van der Waals surface area contributed by atoms with Crippen molar-refractivity contribution < 1.29 is 8.83 Å². The molecule has 9 aromatic carbocycles. The minimum Gasteiger partial charge on any atom is -0.456 e. The van der Waals surface area contributed by atoms with Gasteiger partial charge in [0.1, 0.15) is 16.7 Å². The van der Waals surface area contributed by atoms with E-state index in [0.29, 0.717) is 0 Å². The second kappa shape index (κ2) is 12.3. The van der Waals surface area contributed by atoms with Gasteiger partial charge in [0.25, 0.3) is 0 Å². The molecule has 3 nitrogen and oxygen atoms in total. The van der Waals surface area contributed by atoms with Gasteiger partial charge >= 0.3 is 0 Å². The van der Waals surface area contributed by atoms with E-state index in [-0.39, 0.29) is 5.41 Å². The van der Waals surface area contributed by atoms with Crippen LogP contribution in [0.2, 0.25) is 0 Å². The van der Waals surface area contributed by atoms with Crippen LogP contribution < -0.4 is 4.90 Å². The third-order valence-corrected chi connectivity index (χ3v) is 12.5. The van der Waals surface area contributed by atoms with Crippen LogP contribution in [0.1, 0.15) is 25.0 Å². The van der Waals surface area contributed by atoms with Gasteiger partial charge in [-0.2, -0.15) is 0 Å². The molecule has 0 saturated carbocycles. The first-order valence-corrected chi connectivity index (χ1v) is 20.0. The number of furan rings is 2. The Morgan fingerprint density at radius 2 is 1.02 bits per heavy atom. The number of nitrogens with zero attached hydrogens (tertiary/aromatic N) is 1. The largest absolute Gasteiger partial charge is 0.456 e. The molecular weight excluding hydrogens is 707 g/mol. The molecule has 0 saturated heterocycles. The molecule has 0 spiro atoms. The highest BCUT2D eigenvalue weighted by atomic mass is 16.3. The molecule has 0 N–H and O–H groups in total. The summed E-state index contributed by atoms with van der Waals surface area (Å²) in [6, 6.07) is 67.7. The monoisotopic (exact) mass is 743 g/mol. The number of hydrogen-bond donors (Lipinski definition) is 0. The van der Waals surface area contributed by atoms with Gasteiger partial charge in [-0.25, -0.2) is 0 Å². The molecule has 0 unspecified atom stereocenters. The van der Waals surface area contributed by atoms with Gasteiger partial charge in [-0.1, -0.05) is 147 Å². The molecule has 0 atom stereocenters. The average Bonchev–Trinajstić information content (AvgIpc) is 3.92. The lowest BCUT2D eigenvalue weighted by Gasteiger charge is -2.26. The van der Waals surface area contributed by atoms with Crippen molar-refractivity contribution >= 4 is 71.7 Å². The van der Waals surface area contributed by atoms with Crippen LogP contribution in [0.3, 0.4) is 0 Å². The molecule has 12 rings (SSSR count). The third-order valence-electron chi connectivity index (χ3n) is 12.5. The number of anilines is 3. The Morgan fingerprint density at radius 1 is 0.397 bits per heavy atom. The minimum absolute atomic E-state index is 0.0561. The van der Waals surface area contributed by atoms with Crippen LogP contribution in [0.15, 0.2) is 197 Å². The Balaban J connectivity index is 1.01. The van der Waals surface area contributed by atoms with Crippen molar-refractivity contribution in [1.29, 1.82) is 0 Å². The lowest BCUT2D eigenvalue weighted by atomic mass is 9.82. The van der Waals surface area contributed by atoms with Crippen molar-refractivity contribution in [3.8, 4) is 33.4 Å². The fourth-order valence-corrected chi connectivity index (χ4v) is 9.61. The zero-order valence-electron chi connectivity index (χ0n) is 32.2. The lowest BCUT2D eigenvalue weighted by molar-refractivity contribution is 0.660. The molecule has 0 fully saturated rings. The van der Waals surface area contributed by atoms with Crippen LogP contribution in [0, 0.1) is 0 Å². The smallest absolute Gasteiger partial charge is 0.159 e. The van der Waals surface area contributed by atoms with E-state index >= 15 is 0 Å². The van der Waals surface area contributed by atoms with Crippen molar-refractivity contribution in [1.82, 2.24) is 0 Å². The van der Waals surface area contributed by atoms with E-state index in [0.717, 1.165) is 77.5 Å². The van der Waals surface area contributed by atoms with Crippen LogP contribution in [0.4, 0.5) is 17.1 Å².